The van der Waals surface area contributed by atoms with Gasteiger partial charge in [0.2, 0.25) is 0 Å². The summed E-state index contributed by atoms with van der Waals surface area (Å²) in [6.45, 7) is 2.30. The summed E-state index contributed by atoms with van der Waals surface area (Å²) in [6, 6.07) is 6.36. The van der Waals surface area contributed by atoms with Crippen LogP contribution in [-0.2, 0) is 0 Å². The highest BCUT2D eigenvalue weighted by Crippen LogP contribution is 2.38. The molecule has 2 aliphatic carbocycles. The van der Waals surface area contributed by atoms with Crippen LogP contribution >= 0.6 is 0 Å². The Bertz CT molecular complexity index is 821. The average molecular weight is 434 g/mol. The molecule has 0 aliphatic heterocycles. The lowest BCUT2D eigenvalue weighted by molar-refractivity contribution is 0.219. The maximum atomic E-state index is 13.6. The Balaban J connectivity index is 1.30. The quantitative estimate of drug-likeness (QED) is 0.297. The molecule has 0 saturated heterocycles. The van der Waals surface area contributed by atoms with E-state index in [9.17, 15) is 4.39 Å². The molecule has 3 rings (SSSR count). The highest BCUT2D eigenvalue weighted by Gasteiger charge is 2.24. The molecular formula is C30H40FN. The van der Waals surface area contributed by atoms with E-state index in [1.54, 1.807) is 6.07 Å². The van der Waals surface area contributed by atoms with Crippen LogP contribution in [-0.4, -0.2) is 0 Å². The Morgan fingerprint density at radius 2 is 1.53 bits per heavy atom. The second-order valence-corrected chi connectivity index (χ2v) is 10.2. The van der Waals surface area contributed by atoms with Crippen LogP contribution in [0.5, 0.6) is 0 Å². The molecule has 2 aliphatic rings. The molecule has 0 aromatic heterocycles. The molecule has 1 aromatic carbocycles. The smallest absolute Gasteiger partial charge is 0.142 e. The van der Waals surface area contributed by atoms with Crippen LogP contribution in [0.1, 0.15) is 108 Å². The highest BCUT2D eigenvalue weighted by molar-refractivity contribution is 5.42. The van der Waals surface area contributed by atoms with Gasteiger partial charge in [0.1, 0.15) is 11.9 Å². The zero-order valence-corrected chi connectivity index (χ0v) is 19.9. The molecule has 2 fully saturated rings. The largest absolute Gasteiger partial charge is 0.206 e. The molecule has 0 unspecified atom stereocenters. The molecule has 0 atom stereocenters. The van der Waals surface area contributed by atoms with E-state index in [-0.39, 0.29) is 5.56 Å². The van der Waals surface area contributed by atoms with Crippen molar-refractivity contribution in [1.82, 2.24) is 0 Å². The van der Waals surface area contributed by atoms with Gasteiger partial charge in [-0.2, -0.15) is 5.26 Å². The van der Waals surface area contributed by atoms with Gasteiger partial charge in [0.15, 0.2) is 0 Å². The van der Waals surface area contributed by atoms with Crippen molar-refractivity contribution in [3.63, 3.8) is 0 Å². The third kappa shape index (κ3) is 8.13. The predicted octanol–water partition coefficient (Wildman–Crippen LogP) is 8.58. The molecule has 0 N–H and O–H groups in total. The minimum atomic E-state index is -0.499. The fraction of sp³-hybridized carbons (Fsp3) is 0.633. The molecule has 0 amide bonds. The van der Waals surface area contributed by atoms with Crippen molar-refractivity contribution in [2.45, 2.75) is 96.8 Å². The summed E-state index contributed by atoms with van der Waals surface area (Å²) in [4.78, 5) is 0. The topological polar surface area (TPSA) is 23.8 Å². The first-order valence-corrected chi connectivity index (χ1v) is 13.1. The van der Waals surface area contributed by atoms with E-state index in [4.69, 9.17) is 5.26 Å². The fourth-order valence-electron chi connectivity index (χ4n) is 5.63. The van der Waals surface area contributed by atoms with Crippen LogP contribution in [0.2, 0.25) is 0 Å². The molecule has 0 heterocycles. The van der Waals surface area contributed by atoms with Crippen molar-refractivity contribution in [2.75, 3.05) is 0 Å². The molecule has 172 valence electrons. The van der Waals surface area contributed by atoms with Crippen molar-refractivity contribution in [3.05, 3.63) is 47.3 Å². The van der Waals surface area contributed by atoms with Gasteiger partial charge in [0.05, 0.1) is 5.56 Å². The first-order valence-electron chi connectivity index (χ1n) is 13.1. The van der Waals surface area contributed by atoms with E-state index >= 15 is 0 Å². The van der Waals surface area contributed by atoms with Gasteiger partial charge in [-0.25, -0.2) is 4.39 Å². The molecule has 0 spiro atoms. The third-order valence-electron chi connectivity index (χ3n) is 7.81. The van der Waals surface area contributed by atoms with E-state index in [0.717, 1.165) is 17.8 Å². The van der Waals surface area contributed by atoms with E-state index in [1.807, 2.05) is 12.1 Å². The van der Waals surface area contributed by atoms with E-state index < -0.39 is 5.82 Å². The Hall–Kier alpha value is -2.06. The molecule has 2 heteroatoms. The van der Waals surface area contributed by atoms with Gasteiger partial charge in [0.25, 0.3) is 0 Å². The predicted molar refractivity (Wildman–Crippen MR) is 131 cm³/mol. The molecule has 0 bridgehead atoms. The van der Waals surface area contributed by atoms with Gasteiger partial charge in [-0.3, -0.25) is 0 Å². The molecule has 2 saturated carbocycles. The Kier molecular flexibility index (Phi) is 10.4. The van der Waals surface area contributed by atoms with Crippen LogP contribution in [0.15, 0.2) is 30.4 Å². The number of nitriles is 1. The highest BCUT2D eigenvalue weighted by atomic mass is 19.1. The summed E-state index contributed by atoms with van der Waals surface area (Å²) in [5.74, 6) is 9.09. The van der Waals surface area contributed by atoms with Crippen LogP contribution in [0.4, 0.5) is 4.39 Å². The van der Waals surface area contributed by atoms with Crippen molar-refractivity contribution in [3.8, 4) is 17.9 Å². The van der Waals surface area contributed by atoms with Gasteiger partial charge in [-0.1, -0.05) is 89.0 Å². The number of benzene rings is 1. The molecule has 32 heavy (non-hydrogen) atoms. The Morgan fingerprint density at radius 3 is 2.12 bits per heavy atom. The van der Waals surface area contributed by atoms with E-state index in [0.29, 0.717) is 11.5 Å². The summed E-state index contributed by atoms with van der Waals surface area (Å²) in [7, 11) is 0. The first-order chi connectivity index (χ1) is 15.7. The summed E-state index contributed by atoms with van der Waals surface area (Å²) in [6.07, 6.45) is 24.0. The standard InChI is InChI=1S/C30H40FN/c1-2-3-4-7-24-10-14-26(15-11-24)18-19-27-16-12-25(13-17-27)8-5-6-9-28-20-21-29(23-32)30(31)22-28/h5,8,20-22,24-27H,2-4,7,10-19H2,1H3/b8-5+. The second-order valence-electron chi connectivity index (χ2n) is 10.2. The van der Waals surface area contributed by atoms with E-state index in [1.165, 1.54) is 102 Å². The zero-order chi connectivity index (χ0) is 22.6. The minimum absolute atomic E-state index is 0.0675. The van der Waals surface area contributed by atoms with Gasteiger partial charge in [-0.15, -0.1) is 0 Å². The SMILES string of the molecule is CCCCCC1CCC(CCC2CCC(/C=C/C#Cc3ccc(C#N)c(F)c3)CC2)CC1. The number of nitrogens with zero attached hydrogens (tertiary/aromatic N) is 1. The molecule has 0 radical (unpaired) electrons. The molecule has 1 nitrogen and oxygen atoms in total. The van der Waals surface area contributed by atoms with Gasteiger partial charge < -0.3 is 0 Å². The van der Waals surface area contributed by atoms with E-state index in [2.05, 4.69) is 24.8 Å². The summed E-state index contributed by atoms with van der Waals surface area (Å²) in [5, 5.41) is 8.79. The summed E-state index contributed by atoms with van der Waals surface area (Å²) < 4.78 is 13.6. The van der Waals surface area contributed by atoms with Crippen LogP contribution < -0.4 is 0 Å². The van der Waals surface area contributed by atoms with Crippen molar-refractivity contribution in [2.24, 2.45) is 23.7 Å². The Labute approximate surface area is 195 Å². The lowest BCUT2D eigenvalue weighted by Crippen LogP contribution is -2.17. The van der Waals surface area contributed by atoms with Crippen LogP contribution in [0.3, 0.4) is 0 Å². The van der Waals surface area contributed by atoms with Crippen LogP contribution in [0, 0.1) is 52.7 Å². The number of hydrogen-bond donors (Lipinski definition) is 0. The third-order valence-corrected chi connectivity index (χ3v) is 7.81. The second kappa shape index (κ2) is 13.5. The maximum Gasteiger partial charge on any atom is 0.142 e. The lowest BCUT2D eigenvalue weighted by atomic mass is 9.75. The van der Waals surface area contributed by atoms with Gasteiger partial charge in [-0.05, 0) is 73.6 Å². The van der Waals surface area contributed by atoms with Crippen molar-refractivity contribution < 1.29 is 4.39 Å². The summed E-state index contributed by atoms with van der Waals surface area (Å²) >= 11 is 0. The van der Waals surface area contributed by atoms with Crippen molar-refractivity contribution >= 4 is 0 Å². The number of allylic oxidation sites excluding steroid dienone is 2. The Morgan fingerprint density at radius 1 is 0.906 bits per heavy atom. The average Bonchev–Trinajstić information content (AvgIpc) is 2.82. The first kappa shape index (κ1) is 24.6. The summed E-state index contributed by atoms with van der Waals surface area (Å²) in [5.41, 5.74) is 0.683. The maximum absolute atomic E-state index is 13.6. The van der Waals surface area contributed by atoms with Crippen molar-refractivity contribution in [1.29, 1.82) is 5.26 Å². The minimum Gasteiger partial charge on any atom is -0.206 e. The van der Waals surface area contributed by atoms with Crippen LogP contribution in [0.25, 0.3) is 0 Å². The molecular weight excluding hydrogens is 393 g/mol. The fourth-order valence-corrected chi connectivity index (χ4v) is 5.63. The zero-order valence-electron chi connectivity index (χ0n) is 19.9. The normalized spacial score (nSPS) is 25.8. The number of rotatable bonds is 8. The van der Waals surface area contributed by atoms with Gasteiger partial charge >= 0.3 is 0 Å². The number of halogens is 1. The number of unbranched alkanes of at least 4 members (excludes halogenated alkanes) is 2. The lowest BCUT2D eigenvalue weighted by Gasteiger charge is -2.31. The van der Waals surface area contributed by atoms with Gasteiger partial charge in [0, 0.05) is 5.56 Å². The number of hydrogen-bond acceptors (Lipinski definition) is 1. The molecule has 1 aromatic rings. The monoisotopic (exact) mass is 433 g/mol.